The number of ether oxygens (including phenoxy) is 1. The van der Waals surface area contributed by atoms with Gasteiger partial charge >= 0.3 is 0 Å². The Labute approximate surface area is 152 Å². The molecule has 25 heavy (non-hydrogen) atoms. The molecule has 0 saturated carbocycles. The molecule has 0 aliphatic heterocycles. The summed E-state index contributed by atoms with van der Waals surface area (Å²) in [6.07, 6.45) is 2.58. The van der Waals surface area contributed by atoms with E-state index >= 15 is 0 Å². The third-order valence-electron chi connectivity index (χ3n) is 3.59. The molecule has 2 aromatic carbocycles. The van der Waals surface area contributed by atoms with Crippen molar-refractivity contribution in [1.29, 1.82) is 0 Å². The zero-order valence-corrected chi connectivity index (χ0v) is 14.6. The molecule has 5 nitrogen and oxygen atoms in total. The first kappa shape index (κ1) is 17.0. The van der Waals surface area contributed by atoms with E-state index in [4.69, 9.17) is 16.3 Å². The topological polar surface area (TPSA) is 59.1 Å². The normalized spacial score (nSPS) is 10.3. The molecule has 0 aliphatic carbocycles. The molecule has 0 fully saturated rings. The number of halogens is 1. The van der Waals surface area contributed by atoms with Crippen LogP contribution in [0.4, 0.5) is 17.5 Å². The summed E-state index contributed by atoms with van der Waals surface area (Å²) >= 11 is 6.00. The zero-order valence-electron chi connectivity index (χ0n) is 13.9. The molecule has 2 N–H and O–H groups in total. The maximum absolute atomic E-state index is 6.00. The van der Waals surface area contributed by atoms with Crippen LogP contribution in [0.3, 0.4) is 0 Å². The Kier molecular flexibility index (Phi) is 5.69. The summed E-state index contributed by atoms with van der Waals surface area (Å²) in [7, 11) is 1.64. The van der Waals surface area contributed by atoms with Crippen molar-refractivity contribution in [1.82, 2.24) is 9.97 Å². The number of anilines is 3. The molecule has 128 valence electrons. The van der Waals surface area contributed by atoms with Crippen LogP contribution in [0.1, 0.15) is 5.56 Å². The van der Waals surface area contributed by atoms with Crippen molar-refractivity contribution in [2.75, 3.05) is 24.3 Å². The average molecular weight is 355 g/mol. The van der Waals surface area contributed by atoms with Crippen molar-refractivity contribution < 1.29 is 4.74 Å². The zero-order chi connectivity index (χ0) is 17.5. The number of methoxy groups -OCH3 is 1. The highest BCUT2D eigenvalue weighted by molar-refractivity contribution is 6.30. The summed E-state index contributed by atoms with van der Waals surface area (Å²) in [4.78, 5) is 8.72. The lowest BCUT2D eigenvalue weighted by molar-refractivity contribution is 0.415. The fraction of sp³-hybridized carbons (Fsp3) is 0.158. The van der Waals surface area contributed by atoms with Crippen LogP contribution in [-0.4, -0.2) is 23.6 Å². The number of hydrogen-bond acceptors (Lipinski definition) is 5. The fourth-order valence-corrected chi connectivity index (χ4v) is 2.59. The quantitative estimate of drug-likeness (QED) is 0.652. The van der Waals surface area contributed by atoms with Gasteiger partial charge in [0.2, 0.25) is 5.95 Å². The molecule has 0 unspecified atom stereocenters. The van der Waals surface area contributed by atoms with Gasteiger partial charge in [0.1, 0.15) is 11.6 Å². The number of rotatable bonds is 7. The molecule has 0 saturated heterocycles. The minimum absolute atomic E-state index is 0.529. The van der Waals surface area contributed by atoms with Gasteiger partial charge in [-0.3, -0.25) is 0 Å². The van der Waals surface area contributed by atoms with Crippen molar-refractivity contribution in [2.24, 2.45) is 0 Å². The highest BCUT2D eigenvalue weighted by Crippen LogP contribution is 2.20. The summed E-state index contributed by atoms with van der Waals surface area (Å²) in [5, 5.41) is 7.23. The van der Waals surface area contributed by atoms with Crippen molar-refractivity contribution in [3.8, 4) is 5.75 Å². The lowest BCUT2D eigenvalue weighted by atomic mass is 10.1. The molecule has 6 heteroatoms. The van der Waals surface area contributed by atoms with Gasteiger partial charge in [-0.05, 0) is 42.3 Å². The summed E-state index contributed by atoms with van der Waals surface area (Å²) < 4.78 is 5.22. The molecule has 0 spiro atoms. The number of aromatic nitrogens is 2. The first-order chi connectivity index (χ1) is 12.2. The standard InChI is InChI=1S/C19H19ClN4O/c1-25-17-7-3-6-16(13-17)23-19-22-11-9-18(24-19)21-10-8-14-4-2-5-15(20)12-14/h2-7,9,11-13H,8,10H2,1H3,(H2,21,22,23,24). The highest BCUT2D eigenvalue weighted by atomic mass is 35.5. The van der Waals surface area contributed by atoms with Crippen LogP contribution in [0.5, 0.6) is 5.75 Å². The predicted octanol–water partition coefficient (Wildman–Crippen LogP) is 4.54. The van der Waals surface area contributed by atoms with Gasteiger partial charge in [0, 0.05) is 29.5 Å². The van der Waals surface area contributed by atoms with Crippen LogP contribution in [-0.2, 0) is 6.42 Å². The van der Waals surface area contributed by atoms with Gasteiger partial charge in [0.15, 0.2) is 0 Å². The maximum atomic E-state index is 6.00. The molecule has 3 aromatic rings. The van der Waals surface area contributed by atoms with Crippen molar-refractivity contribution in [3.05, 3.63) is 71.4 Å². The number of nitrogens with zero attached hydrogens (tertiary/aromatic N) is 2. The van der Waals surface area contributed by atoms with Crippen molar-refractivity contribution in [3.63, 3.8) is 0 Å². The second-order valence-electron chi connectivity index (χ2n) is 5.43. The van der Waals surface area contributed by atoms with Crippen LogP contribution in [0.25, 0.3) is 0 Å². The first-order valence-corrected chi connectivity index (χ1v) is 8.33. The lowest BCUT2D eigenvalue weighted by Gasteiger charge is -2.09. The summed E-state index contributed by atoms with van der Waals surface area (Å²) in [6, 6.07) is 17.3. The molecular formula is C19H19ClN4O. The van der Waals surface area contributed by atoms with Gasteiger partial charge in [-0.1, -0.05) is 29.8 Å². The number of benzene rings is 2. The van der Waals surface area contributed by atoms with Crippen molar-refractivity contribution in [2.45, 2.75) is 6.42 Å². The van der Waals surface area contributed by atoms with Gasteiger partial charge < -0.3 is 15.4 Å². The second-order valence-corrected chi connectivity index (χ2v) is 5.87. The van der Waals surface area contributed by atoms with E-state index in [9.17, 15) is 0 Å². The minimum Gasteiger partial charge on any atom is -0.497 e. The number of nitrogens with one attached hydrogen (secondary N) is 2. The molecule has 0 bridgehead atoms. The van der Waals surface area contributed by atoms with Gasteiger partial charge in [-0.2, -0.15) is 4.98 Å². The third kappa shape index (κ3) is 5.09. The monoisotopic (exact) mass is 354 g/mol. The summed E-state index contributed by atoms with van der Waals surface area (Å²) in [5.74, 6) is 2.07. The van der Waals surface area contributed by atoms with Crippen molar-refractivity contribution >= 4 is 29.1 Å². The van der Waals surface area contributed by atoms with E-state index in [0.29, 0.717) is 5.95 Å². The van der Waals surface area contributed by atoms with E-state index in [1.807, 2.05) is 48.5 Å². The molecule has 0 amide bonds. The van der Waals surface area contributed by atoms with E-state index < -0.39 is 0 Å². The molecule has 3 rings (SSSR count). The maximum Gasteiger partial charge on any atom is 0.229 e. The SMILES string of the molecule is COc1cccc(Nc2nccc(NCCc3cccc(Cl)c3)n2)c1. The Morgan fingerprint density at radius 1 is 1.08 bits per heavy atom. The Balaban J connectivity index is 1.59. The van der Waals surface area contributed by atoms with E-state index in [2.05, 4.69) is 26.7 Å². The summed E-state index contributed by atoms with van der Waals surface area (Å²) in [6.45, 7) is 0.760. The largest absolute Gasteiger partial charge is 0.497 e. The smallest absolute Gasteiger partial charge is 0.229 e. The fourth-order valence-electron chi connectivity index (χ4n) is 2.37. The lowest BCUT2D eigenvalue weighted by Crippen LogP contribution is -2.07. The van der Waals surface area contributed by atoms with E-state index in [-0.39, 0.29) is 0 Å². The van der Waals surface area contributed by atoms with Crippen LogP contribution in [0.15, 0.2) is 60.8 Å². The van der Waals surface area contributed by atoms with Gasteiger partial charge in [-0.25, -0.2) is 4.98 Å². The van der Waals surface area contributed by atoms with Gasteiger partial charge in [0.25, 0.3) is 0 Å². The minimum atomic E-state index is 0.529. The van der Waals surface area contributed by atoms with E-state index in [0.717, 1.165) is 35.2 Å². The Hall–Kier alpha value is -2.79. The Morgan fingerprint density at radius 2 is 1.96 bits per heavy atom. The molecular weight excluding hydrogens is 336 g/mol. The first-order valence-electron chi connectivity index (χ1n) is 7.95. The molecule has 0 aliphatic rings. The van der Waals surface area contributed by atoms with Gasteiger partial charge in [0.05, 0.1) is 7.11 Å². The molecule has 0 atom stereocenters. The van der Waals surface area contributed by atoms with Crippen LogP contribution in [0.2, 0.25) is 5.02 Å². The third-order valence-corrected chi connectivity index (χ3v) is 3.83. The van der Waals surface area contributed by atoms with Crippen LogP contribution < -0.4 is 15.4 Å². The molecule has 0 radical (unpaired) electrons. The van der Waals surface area contributed by atoms with Gasteiger partial charge in [-0.15, -0.1) is 0 Å². The Morgan fingerprint density at radius 3 is 2.80 bits per heavy atom. The second kappa shape index (κ2) is 8.35. The van der Waals surface area contributed by atoms with Crippen LogP contribution in [0, 0.1) is 0 Å². The van der Waals surface area contributed by atoms with Crippen LogP contribution >= 0.6 is 11.6 Å². The average Bonchev–Trinajstić information content (AvgIpc) is 2.62. The summed E-state index contributed by atoms with van der Waals surface area (Å²) in [5.41, 5.74) is 2.05. The van der Waals surface area contributed by atoms with E-state index in [1.165, 1.54) is 5.56 Å². The molecule has 1 heterocycles. The number of hydrogen-bond donors (Lipinski definition) is 2. The Bertz CT molecular complexity index is 841. The predicted molar refractivity (Wildman–Crippen MR) is 102 cm³/mol. The van der Waals surface area contributed by atoms with E-state index in [1.54, 1.807) is 13.3 Å². The highest BCUT2D eigenvalue weighted by Gasteiger charge is 2.02. The molecule has 1 aromatic heterocycles.